The van der Waals surface area contributed by atoms with Gasteiger partial charge in [-0.25, -0.2) is 13.2 Å². The minimum Gasteiger partial charge on any atom is -0.393 e. The van der Waals surface area contributed by atoms with Crippen LogP contribution < -0.4 is 11.1 Å². The van der Waals surface area contributed by atoms with Crippen molar-refractivity contribution in [1.29, 1.82) is 0 Å². The predicted octanol–water partition coefficient (Wildman–Crippen LogP) is 1.96. The normalized spacial score (nSPS) is 12.0. The van der Waals surface area contributed by atoms with Gasteiger partial charge in [0.25, 0.3) is 0 Å². The Morgan fingerprint density at radius 2 is 2.00 bits per heavy atom. The number of rotatable bonds is 3. The molecule has 1 amide bonds. The molecule has 0 aliphatic carbocycles. The Morgan fingerprint density at radius 3 is 2.53 bits per heavy atom. The summed E-state index contributed by atoms with van der Waals surface area (Å²) in [6.07, 6.45) is 0. The molecule has 17 heavy (non-hydrogen) atoms. The highest BCUT2D eigenvalue weighted by molar-refractivity contribution is 7.80. The third-order valence-corrected chi connectivity index (χ3v) is 2.42. The monoisotopic (exact) mass is 262 g/mol. The van der Waals surface area contributed by atoms with E-state index in [0.29, 0.717) is 12.1 Å². The summed E-state index contributed by atoms with van der Waals surface area (Å²) in [6.45, 7) is 1.39. The highest BCUT2D eigenvalue weighted by Gasteiger charge is 2.19. The Bertz CT molecular complexity index is 479. The van der Waals surface area contributed by atoms with E-state index in [4.69, 9.17) is 5.73 Å². The SMILES string of the molecule is CC(C(=O)Nc1cc(F)cc(F)c1F)C(N)=S. The second-order valence-electron chi connectivity index (χ2n) is 3.36. The number of nitrogens with two attached hydrogens (primary N) is 1. The summed E-state index contributed by atoms with van der Waals surface area (Å²) < 4.78 is 38.8. The molecular formula is C10H9F3N2OS. The van der Waals surface area contributed by atoms with Crippen LogP contribution in [0.25, 0.3) is 0 Å². The molecule has 0 saturated carbocycles. The second kappa shape index (κ2) is 5.13. The average molecular weight is 262 g/mol. The van der Waals surface area contributed by atoms with Gasteiger partial charge in [-0.05, 0) is 6.92 Å². The van der Waals surface area contributed by atoms with Gasteiger partial charge in [0.15, 0.2) is 11.6 Å². The van der Waals surface area contributed by atoms with E-state index in [1.165, 1.54) is 6.92 Å². The number of nitrogens with one attached hydrogen (secondary N) is 1. The summed E-state index contributed by atoms with van der Waals surface area (Å²) in [5.74, 6) is -5.32. The standard InChI is InChI=1S/C10H9F3N2OS/c1-4(9(14)17)10(16)15-7-3-5(11)2-6(12)8(7)13/h2-4H,1H3,(H2,14,17)(H,15,16). The van der Waals surface area contributed by atoms with E-state index in [1.807, 2.05) is 5.32 Å². The van der Waals surface area contributed by atoms with Gasteiger partial charge in [-0.3, -0.25) is 4.79 Å². The van der Waals surface area contributed by atoms with Crippen molar-refractivity contribution in [3.63, 3.8) is 0 Å². The number of hydrogen-bond acceptors (Lipinski definition) is 2. The number of hydrogen-bond donors (Lipinski definition) is 2. The van der Waals surface area contributed by atoms with E-state index in [1.54, 1.807) is 0 Å². The first-order valence-corrected chi connectivity index (χ1v) is 4.98. The van der Waals surface area contributed by atoms with Gasteiger partial charge in [-0.15, -0.1) is 0 Å². The highest BCUT2D eigenvalue weighted by atomic mass is 32.1. The quantitative estimate of drug-likeness (QED) is 0.646. The van der Waals surface area contributed by atoms with Gasteiger partial charge >= 0.3 is 0 Å². The first kappa shape index (κ1) is 13.4. The van der Waals surface area contributed by atoms with Crippen LogP contribution in [0.2, 0.25) is 0 Å². The van der Waals surface area contributed by atoms with Crippen molar-refractivity contribution in [2.24, 2.45) is 11.7 Å². The lowest BCUT2D eigenvalue weighted by atomic mass is 10.1. The molecule has 1 rings (SSSR count). The molecule has 0 aliphatic heterocycles. The fourth-order valence-corrected chi connectivity index (χ4v) is 1.12. The number of amides is 1. The van der Waals surface area contributed by atoms with Crippen LogP contribution in [0.3, 0.4) is 0 Å². The van der Waals surface area contributed by atoms with E-state index in [9.17, 15) is 18.0 Å². The molecule has 1 unspecified atom stereocenters. The van der Waals surface area contributed by atoms with Crippen molar-refractivity contribution >= 4 is 28.8 Å². The molecule has 0 aliphatic rings. The molecule has 1 aromatic carbocycles. The van der Waals surface area contributed by atoms with Crippen molar-refractivity contribution in [2.45, 2.75) is 6.92 Å². The number of carbonyl (C=O) groups excluding carboxylic acids is 1. The molecule has 3 N–H and O–H groups in total. The molecular weight excluding hydrogens is 253 g/mol. The zero-order chi connectivity index (χ0) is 13.2. The van der Waals surface area contributed by atoms with Crippen LogP contribution in [0.5, 0.6) is 0 Å². The van der Waals surface area contributed by atoms with Crippen molar-refractivity contribution in [1.82, 2.24) is 0 Å². The van der Waals surface area contributed by atoms with E-state index in [2.05, 4.69) is 12.2 Å². The van der Waals surface area contributed by atoms with Crippen molar-refractivity contribution in [2.75, 3.05) is 5.32 Å². The maximum absolute atomic E-state index is 13.2. The highest BCUT2D eigenvalue weighted by Crippen LogP contribution is 2.19. The number of benzene rings is 1. The number of anilines is 1. The van der Waals surface area contributed by atoms with Crippen molar-refractivity contribution < 1.29 is 18.0 Å². The third kappa shape index (κ3) is 3.16. The van der Waals surface area contributed by atoms with Gasteiger partial charge in [-0.2, -0.15) is 0 Å². The Morgan fingerprint density at radius 1 is 1.41 bits per heavy atom. The first-order chi connectivity index (χ1) is 7.82. The number of carbonyl (C=O) groups is 1. The Labute approximate surface area is 101 Å². The van der Waals surface area contributed by atoms with Crippen LogP contribution in [0.4, 0.5) is 18.9 Å². The topological polar surface area (TPSA) is 55.1 Å². The van der Waals surface area contributed by atoms with Crippen LogP contribution >= 0.6 is 12.2 Å². The lowest BCUT2D eigenvalue weighted by Crippen LogP contribution is -2.31. The van der Waals surface area contributed by atoms with Gasteiger partial charge < -0.3 is 11.1 Å². The maximum atomic E-state index is 13.2. The van der Waals surface area contributed by atoms with Gasteiger partial charge in [0.05, 0.1) is 16.6 Å². The molecule has 0 spiro atoms. The summed E-state index contributed by atoms with van der Waals surface area (Å²) in [5.41, 5.74) is 4.63. The molecule has 0 radical (unpaired) electrons. The molecule has 0 aromatic heterocycles. The second-order valence-corrected chi connectivity index (χ2v) is 3.83. The third-order valence-electron chi connectivity index (χ3n) is 2.07. The molecule has 1 atom stereocenters. The van der Waals surface area contributed by atoms with Gasteiger partial charge in [0.2, 0.25) is 5.91 Å². The minimum atomic E-state index is -1.39. The van der Waals surface area contributed by atoms with Crippen LogP contribution in [0.1, 0.15) is 6.92 Å². The molecule has 0 saturated heterocycles. The fourth-order valence-electron chi connectivity index (χ4n) is 1.02. The number of thiocarbonyl (C=S) groups is 1. The summed E-state index contributed by atoms with van der Waals surface area (Å²) >= 11 is 4.57. The van der Waals surface area contributed by atoms with E-state index < -0.39 is 35.0 Å². The van der Waals surface area contributed by atoms with Crippen LogP contribution in [0, 0.1) is 23.4 Å². The van der Waals surface area contributed by atoms with E-state index in [-0.39, 0.29) is 4.99 Å². The van der Waals surface area contributed by atoms with Crippen LogP contribution in [-0.4, -0.2) is 10.9 Å². The molecule has 7 heteroatoms. The average Bonchev–Trinajstić information content (AvgIpc) is 2.23. The molecule has 1 aromatic rings. The lowest BCUT2D eigenvalue weighted by molar-refractivity contribution is -0.117. The van der Waals surface area contributed by atoms with Crippen LogP contribution in [0.15, 0.2) is 12.1 Å². The van der Waals surface area contributed by atoms with E-state index in [0.717, 1.165) is 0 Å². The minimum absolute atomic E-state index is 0.0974. The Kier molecular flexibility index (Phi) is 4.06. The Hall–Kier alpha value is -1.63. The molecule has 0 fully saturated rings. The number of halogens is 3. The van der Waals surface area contributed by atoms with Crippen molar-refractivity contribution in [3.05, 3.63) is 29.6 Å². The Balaban J connectivity index is 2.96. The maximum Gasteiger partial charge on any atom is 0.234 e. The predicted molar refractivity (Wildman–Crippen MR) is 60.9 cm³/mol. The zero-order valence-corrected chi connectivity index (χ0v) is 9.58. The smallest absolute Gasteiger partial charge is 0.234 e. The fraction of sp³-hybridized carbons (Fsp3) is 0.200. The van der Waals surface area contributed by atoms with Gasteiger partial charge in [0.1, 0.15) is 5.82 Å². The summed E-state index contributed by atoms with van der Waals surface area (Å²) in [5, 5.41) is 2.01. The zero-order valence-electron chi connectivity index (χ0n) is 8.76. The molecule has 0 bridgehead atoms. The summed E-state index contributed by atoms with van der Waals surface area (Å²) in [7, 11) is 0. The molecule has 3 nitrogen and oxygen atoms in total. The van der Waals surface area contributed by atoms with Crippen LogP contribution in [-0.2, 0) is 4.79 Å². The molecule has 0 heterocycles. The lowest BCUT2D eigenvalue weighted by Gasteiger charge is -2.11. The van der Waals surface area contributed by atoms with Crippen molar-refractivity contribution in [3.8, 4) is 0 Å². The summed E-state index contributed by atoms with van der Waals surface area (Å²) in [4.78, 5) is 11.3. The largest absolute Gasteiger partial charge is 0.393 e. The molecule has 92 valence electrons. The van der Waals surface area contributed by atoms with Gasteiger partial charge in [-0.1, -0.05) is 12.2 Å². The van der Waals surface area contributed by atoms with Gasteiger partial charge in [0, 0.05) is 12.1 Å². The van der Waals surface area contributed by atoms with E-state index >= 15 is 0 Å². The summed E-state index contributed by atoms with van der Waals surface area (Å²) in [6, 6.07) is 1.05. The first-order valence-electron chi connectivity index (χ1n) is 4.57.